The number of aliphatic carboxylic acids is 1. The quantitative estimate of drug-likeness (QED) is 0.560. The maximum atomic E-state index is 11.0. The number of carbonyl (C=O) groups excluding carboxylic acids is 1. The summed E-state index contributed by atoms with van der Waals surface area (Å²) in [5.41, 5.74) is 3.37. The molecule has 2 unspecified atom stereocenters. The highest BCUT2D eigenvalue weighted by Crippen LogP contribution is 2.05. The molecular formula is C13H15NO4. The first kappa shape index (κ1) is 14.1. The van der Waals surface area contributed by atoms with E-state index in [-0.39, 0.29) is 6.61 Å². The van der Waals surface area contributed by atoms with E-state index >= 15 is 0 Å². The third kappa shape index (κ3) is 4.51. The molecule has 0 aliphatic heterocycles. The standard InChI is InChI=1S/C13H15NO4/c1-10(7-8-15)12(13(16)17)14-18-9-11-5-3-2-4-6-11/h2-7,10,12,14H,9H2,1H3,(H,16,17). The van der Waals surface area contributed by atoms with Gasteiger partial charge in [-0.05, 0) is 5.56 Å². The van der Waals surface area contributed by atoms with E-state index in [1.165, 1.54) is 0 Å². The van der Waals surface area contributed by atoms with Crippen molar-refractivity contribution in [1.29, 1.82) is 0 Å². The van der Waals surface area contributed by atoms with Gasteiger partial charge >= 0.3 is 5.97 Å². The number of carboxylic acid groups (broad SMARTS) is 1. The molecule has 5 nitrogen and oxygen atoms in total. The van der Waals surface area contributed by atoms with E-state index in [0.29, 0.717) is 0 Å². The zero-order valence-electron chi connectivity index (χ0n) is 10.00. The Morgan fingerprint density at radius 2 is 2.17 bits per heavy atom. The summed E-state index contributed by atoms with van der Waals surface area (Å²) in [7, 11) is 0. The molecule has 1 aromatic rings. The second-order valence-electron chi connectivity index (χ2n) is 3.85. The fraction of sp³-hybridized carbons (Fsp3) is 0.308. The van der Waals surface area contributed by atoms with Crippen molar-refractivity contribution in [3.05, 3.63) is 42.0 Å². The summed E-state index contributed by atoms with van der Waals surface area (Å²) in [4.78, 5) is 26.3. The number of hydroxylamine groups is 1. The Morgan fingerprint density at radius 1 is 1.50 bits per heavy atom. The Kier molecular flexibility index (Phi) is 5.80. The van der Waals surface area contributed by atoms with Crippen LogP contribution in [0.5, 0.6) is 0 Å². The van der Waals surface area contributed by atoms with Gasteiger partial charge in [0.05, 0.1) is 6.61 Å². The van der Waals surface area contributed by atoms with Gasteiger partial charge in [-0.2, -0.15) is 5.48 Å². The van der Waals surface area contributed by atoms with E-state index < -0.39 is 17.9 Å². The van der Waals surface area contributed by atoms with Crippen molar-refractivity contribution >= 4 is 11.9 Å². The van der Waals surface area contributed by atoms with Gasteiger partial charge in [0.2, 0.25) is 0 Å². The molecular weight excluding hydrogens is 234 g/mol. The third-order valence-electron chi connectivity index (χ3n) is 2.41. The molecule has 2 atom stereocenters. The van der Waals surface area contributed by atoms with E-state index in [2.05, 4.69) is 5.48 Å². The van der Waals surface area contributed by atoms with Crippen LogP contribution in [0.3, 0.4) is 0 Å². The average molecular weight is 249 g/mol. The normalized spacial score (nSPS) is 13.4. The van der Waals surface area contributed by atoms with Gasteiger partial charge < -0.3 is 5.11 Å². The minimum absolute atomic E-state index is 0.252. The molecule has 2 N–H and O–H groups in total. The summed E-state index contributed by atoms with van der Waals surface area (Å²) in [6.45, 7) is 1.85. The van der Waals surface area contributed by atoms with Crippen LogP contribution < -0.4 is 5.48 Å². The van der Waals surface area contributed by atoms with Gasteiger partial charge in [0.15, 0.2) is 0 Å². The number of rotatable bonds is 7. The van der Waals surface area contributed by atoms with E-state index in [1.54, 1.807) is 12.9 Å². The van der Waals surface area contributed by atoms with Crippen molar-refractivity contribution in [2.75, 3.05) is 0 Å². The monoisotopic (exact) mass is 249 g/mol. The molecule has 0 amide bonds. The van der Waals surface area contributed by atoms with Crippen LogP contribution in [0.15, 0.2) is 36.4 Å². The Balaban J connectivity index is 2.48. The summed E-state index contributed by atoms with van der Waals surface area (Å²) in [6.07, 6.45) is 1.15. The van der Waals surface area contributed by atoms with E-state index in [4.69, 9.17) is 9.94 Å². The molecule has 1 aromatic carbocycles. The summed E-state index contributed by atoms with van der Waals surface area (Å²) < 4.78 is 0. The SMILES string of the molecule is CC(C=C=O)C(NOCc1ccccc1)C(=O)O. The van der Waals surface area contributed by atoms with Gasteiger partial charge in [-0.15, -0.1) is 0 Å². The lowest BCUT2D eigenvalue weighted by molar-refractivity contribution is -0.146. The number of carboxylic acids is 1. The van der Waals surface area contributed by atoms with Crippen LogP contribution in [0.1, 0.15) is 12.5 Å². The van der Waals surface area contributed by atoms with Crippen LogP contribution in [0.2, 0.25) is 0 Å². The predicted octanol–water partition coefficient (Wildman–Crippen LogP) is 1.18. The fourth-order valence-corrected chi connectivity index (χ4v) is 1.38. The Morgan fingerprint density at radius 3 is 2.72 bits per heavy atom. The van der Waals surface area contributed by atoms with E-state index in [0.717, 1.165) is 11.6 Å². The van der Waals surface area contributed by atoms with Crippen LogP contribution in [0.4, 0.5) is 0 Å². The third-order valence-corrected chi connectivity index (χ3v) is 2.41. The number of carbonyl (C=O) groups is 1. The zero-order valence-corrected chi connectivity index (χ0v) is 10.00. The van der Waals surface area contributed by atoms with Gasteiger partial charge in [0, 0.05) is 12.0 Å². The smallest absolute Gasteiger partial charge is 0.323 e. The second kappa shape index (κ2) is 7.40. The molecule has 1 rings (SSSR count). The molecule has 0 aromatic heterocycles. The van der Waals surface area contributed by atoms with Gasteiger partial charge in [-0.1, -0.05) is 37.3 Å². The molecule has 0 aliphatic carbocycles. The van der Waals surface area contributed by atoms with Crippen molar-refractivity contribution in [2.45, 2.75) is 19.6 Å². The fourth-order valence-electron chi connectivity index (χ4n) is 1.38. The molecule has 0 aliphatic rings. The van der Waals surface area contributed by atoms with Crippen LogP contribution in [-0.2, 0) is 21.0 Å². The second-order valence-corrected chi connectivity index (χ2v) is 3.85. The van der Waals surface area contributed by atoms with Gasteiger partial charge in [0.1, 0.15) is 12.0 Å². The van der Waals surface area contributed by atoms with Crippen molar-refractivity contribution in [1.82, 2.24) is 5.48 Å². The van der Waals surface area contributed by atoms with E-state index in [9.17, 15) is 9.59 Å². The predicted molar refractivity (Wildman–Crippen MR) is 65.2 cm³/mol. The van der Waals surface area contributed by atoms with Crippen molar-refractivity contribution in [2.24, 2.45) is 5.92 Å². The molecule has 0 bridgehead atoms. The van der Waals surface area contributed by atoms with Crippen LogP contribution >= 0.6 is 0 Å². The molecule has 0 saturated carbocycles. The lowest BCUT2D eigenvalue weighted by Crippen LogP contribution is -2.41. The minimum Gasteiger partial charge on any atom is -0.480 e. The number of hydrogen-bond donors (Lipinski definition) is 2. The highest BCUT2D eigenvalue weighted by Gasteiger charge is 2.23. The number of benzene rings is 1. The molecule has 0 saturated heterocycles. The molecule has 0 radical (unpaired) electrons. The highest BCUT2D eigenvalue weighted by atomic mass is 16.6. The van der Waals surface area contributed by atoms with Crippen LogP contribution in [0.25, 0.3) is 0 Å². The Hall–Kier alpha value is -1.94. The lowest BCUT2D eigenvalue weighted by Gasteiger charge is -2.17. The average Bonchev–Trinajstić information content (AvgIpc) is 2.35. The number of hydrogen-bond acceptors (Lipinski definition) is 4. The summed E-state index contributed by atoms with van der Waals surface area (Å²) in [6, 6.07) is 8.37. The van der Waals surface area contributed by atoms with Crippen molar-refractivity contribution in [3.63, 3.8) is 0 Å². The summed E-state index contributed by atoms with van der Waals surface area (Å²) >= 11 is 0. The molecule has 0 fully saturated rings. The Bertz CT molecular complexity index is 426. The van der Waals surface area contributed by atoms with Crippen LogP contribution in [-0.4, -0.2) is 23.1 Å². The van der Waals surface area contributed by atoms with Crippen LogP contribution in [0, 0.1) is 5.92 Å². The summed E-state index contributed by atoms with van der Waals surface area (Å²) in [5, 5.41) is 8.98. The largest absolute Gasteiger partial charge is 0.480 e. The zero-order chi connectivity index (χ0) is 13.4. The highest BCUT2D eigenvalue weighted by molar-refractivity contribution is 5.74. The van der Waals surface area contributed by atoms with Gasteiger partial charge in [0.25, 0.3) is 0 Å². The van der Waals surface area contributed by atoms with Gasteiger partial charge in [-0.25, -0.2) is 4.79 Å². The molecule has 0 heterocycles. The molecule has 18 heavy (non-hydrogen) atoms. The summed E-state index contributed by atoms with van der Waals surface area (Å²) in [5.74, 6) is -0.00830. The first-order valence-corrected chi connectivity index (χ1v) is 5.50. The maximum Gasteiger partial charge on any atom is 0.323 e. The first-order valence-electron chi connectivity index (χ1n) is 5.50. The molecule has 0 spiro atoms. The first-order chi connectivity index (χ1) is 8.65. The number of nitrogens with one attached hydrogen (secondary N) is 1. The van der Waals surface area contributed by atoms with Crippen molar-refractivity contribution < 1.29 is 19.5 Å². The topological polar surface area (TPSA) is 75.6 Å². The molecule has 96 valence electrons. The minimum atomic E-state index is -1.08. The lowest BCUT2D eigenvalue weighted by atomic mass is 10.0. The van der Waals surface area contributed by atoms with Gasteiger partial charge in [-0.3, -0.25) is 9.63 Å². The molecule has 5 heteroatoms. The van der Waals surface area contributed by atoms with Crippen molar-refractivity contribution in [3.8, 4) is 0 Å². The maximum absolute atomic E-state index is 11.0. The van der Waals surface area contributed by atoms with E-state index in [1.807, 2.05) is 30.3 Å². The Labute approximate surface area is 105 Å².